The van der Waals surface area contributed by atoms with Gasteiger partial charge < -0.3 is 5.32 Å². The number of para-hydroxylation sites is 1. The standard InChI is InChI=1S/C15H20N2O2/c1-4-16-10-11-7-5-6-8-12(11)17-13(18)9-15(2,3)14(17)19/h5-8,16H,4,9-10H2,1-3H3. The summed E-state index contributed by atoms with van der Waals surface area (Å²) in [5, 5.41) is 3.23. The molecule has 102 valence electrons. The summed E-state index contributed by atoms with van der Waals surface area (Å²) in [6.45, 7) is 7.17. The zero-order valence-corrected chi connectivity index (χ0v) is 11.7. The number of hydrogen-bond acceptors (Lipinski definition) is 3. The minimum absolute atomic E-state index is 0.110. The van der Waals surface area contributed by atoms with E-state index in [0.717, 1.165) is 12.1 Å². The molecule has 0 radical (unpaired) electrons. The van der Waals surface area contributed by atoms with E-state index in [2.05, 4.69) is 5.32 Å². The molecule has 1 aliphatic rings. The van der Waals surface area contributed by atoms with Crippen molar-refractivity contribution in [3.8, 4) is 0 Å². The van der Waals surface area contributed by atoms with Crippen molar-refractivity contribution in [3.05, 3.63) is 29.8 Å². The second-order valence-corrected chi connectivity index (χ2v) is 5.50. The smallest absolute Gasteiger partial charge is 0.239 e. The first kappa shape index (κ1) is 13.7. The summed E-state index contributed by atoms with van der Waals surface area (Å²) in [4.78, 5) is 25.8. The minimum atomic E-state index is -0.595. The molecule has 1 aliphatic heterocycles. The summed E-state index contributed by atoms with van der Waals surface area (Å²) in [5.41, 5.74) is 1.09. The molecule has 1 saturated heterocycles. The molecule has 1 aromatic carbocycles. The van der Waals surface area contributed by atoms with Gasteiger partial charge in [0.25, 0.3) is 0 Å². The number of carbonyl (C=O) groups is 2. The van der Waals surface area contributed by atoms with Crippen LogP contribution in [0.3, 0.4) is 0 Å². The summed E-state index contributed by atoms with van der Waals surface area (Å²) in [6.07, 6.45) is 0.279. The molecule has 0 saturated carbocycles. The molecule has 4 heteroatoms. The maximum atomic E-state index is 12.3. The third kappa shape index (κ3) is 2.54. The van der Waals surface area contributed by atoms with Crippen LogP contribution >= 0.6 is 0 Å². The maximum absolute atomic E-state index is 12.3. The van der Waals surface area contributed by atoms with Crippen molar-refractivity contribution in [3.63, 3.8) is 0 Å². The minimum Gasteiger partial charge on any atom is -0.313 e. The Morgan fingerprint density at radius 2 is 1.95 bits per heavy atom. The van der Waals surface area contributed by atoms with Crippen molar-refractivity contribution in [2.45, 2.75) is 33.7 Å². The average Bonchev–Trinajstić information content (AvgIpc) is 2.56. The van der Waals surface area contributed by atoms with Crippen LogP contribution in [0.25, 0.3) is 0 Å². The largest absolute Gasteiger partial charge is 0.313 e. The molecule has 1 heterocycles. The van der Waals surface area contributed by atoms with Gasteiger partial charge in [-0.3, -0.25) is 9.59 Å². The number of carbonyl (C=O) groups excluding carboxylic acids is 2. The van der Waals surface area contributed by atoms with Crippen LogP contribution < -0.4 is 10.2 Å². The van der Waals surface area contributed by atoms with Crippen LogP contribution in [0, 0.1) is 5.41 Å². The summed E-state index contributed by atoms with van der Waals surface area (Å²) in [6, 6.07) is 7.57. The van der Waals surface area contributed by atoms with E-state index in [1.165, 1.54) is 4.90 Å². The highest BCUT2D eigenvalue weighted by atomic mass is 16.2. The van der Waals surface area contributed by atoms with Crippen molar-refractivity contribution in [1.29, 1.82) is 0 Å². The van der Waals surface area contributed by atoms with Crippen LogP contribution in [0.5, 0.6) is 0 Å². The summed E-state index contributed by atoms with van der Waals surface area (Å²) in [5.74, 6) is -0.222. The van der Waals surface area contributed by atoms with Gasteiger partial charge in [0.15, 0.2) is 0 Å². The highest BCUT2D eigenvalue weighted by Gasteiger charge is 2.45. The van der Waals surface area contributed by atoms with Gasteiger partial charge in [-0.1, -0.05) is 39.0 Å². The Morgan fingerprint density at radius 1 is 1.26 bits per heavy atom. The molecule has 2 rings (SSSR count). The Balaban J connectivity index is 2.37. The Kier molecular flexibility index (Phi) is 3.71. The number of nitrogens with zero attached hydrogens (tertiary/aromatic N) is 1. The average molecular weight is 260 g/mol. The second kappa shape index (κ2) is 5.13. The van der Waals surface area contributed by atoms with Gasteiger partial charge in [-0.05, 0) is 18.2 Å². The number of benzene rings is 1. The van der Waals surface area contributed by atoms with E-state index in [1.807, 2.05) is 45.0 Å². The zero-order chi connectivity index (χ0) is 14.0. The molecule has 0 atom stereocenters. The molecule has 1 fully saturated rings. The van der Waals surface area contributed by atoms with Gasteiger partial charge in [0.1, 0.15) is 0 Å². The number of nitrogens with one attached hydrogen (secondary N) is 1. The first-order valence-corrected chi connectivity index (χ1v) is 6.63. The normalized spacial score (nSPS) is 18.2. The van der Waals surface area contributed by atoms with Gasteiger partial charge in [-0.15, -0.1) is 0 Å². The maximum Gasteiger partial charge on any atom is 0.239 e. The Morgan fingerprint density at radius 3 is 2.53 bits per heavy atom. The molecule has 0 aromatic heterocycles. The monoisotopic (exact) mass is 260 g/mol. The van der Waals surface area contributed by atoms with E-state index in [4.69, 9.17) is 0 Å². The summed E-state index contributed by atoms with van der Waals surface area (Å²) < 4.78 is 0. The van der Waals surface area contributed by atoms with Crippen molar-refractivity contribution >= 4 is 17.5 Å². The van der Waals surface area contributed by atoms with Gasteiger partial charge in [-0.25, -0.2) is 4.90 Å². The van der Waals surface area contributed by atoms with Gasteiger partial charge in [-0.2, -0.15) is 0 Å². The molecule has 1 N–H and O–H groups in total. The molecule has 2 amide bonds. The zero-order valence-electron chi connectivity index (χ0n) is 11.7. The van der Waals surface area contributed by atoms with Gasteiger partial charge in [0.2, 0.25) is 11.8 Å². The molecular formula is C15H20N2O2. The van der Waals surface area contributed by atoms with Gasteiger partial charge in [0.05, 0.1) is 11.1 Å². The fourth-order valence-electron chi connectivity index (χ4n) is 2.33. The quantitative estimate of drug-likeness (QED) is 0.843. The SMILES string of the molecule is CCNCc1ccccc1N1C(=O)CC(C)(C)C1=O. The van der Waals surface area contributed by atoms with Crippen molar-refractivity contribution < 1.29 is 9.59 Å². The van der Waals surface area contributed by atoms with E-state index in [9.17, 15) is 9.59 Å². The lowest BCUT2D eigenvalue weighted by atomic mass is 9.92. The van der Waals surface area contributed by atoms with E-state index in [1.54, 1.807) is 0 Å². The number of hydrogen-bond donors (Lipinski definition) is 1. The summed E-state index contributed by atoms with van der Waals surface area (Å²) >= 11 is 0. The number of anilines is 1. The number of rotatable bonds is 4. The highest BCUT2D eigenvalue weighted by molar-refractivity contribution is 6.22. The molecule has 1 aromatic rings. The molecule has 19 heavy (non-hydrogen) atoms. The van der Waals surface area contributed by atoms with Gasteiger partial charge in [0, 0.05) is 13.0 Å². The van der Waals surface area contributed by atoms with Crippen molar-refractivity contribution in [2.75, 3.05) is 11.4 Å². The van der Waals surface area contributed by atoms with Crippen LogP contribution in [-0.4, -0.2) is 18.4 Å². The lowest BCUT2D eigenvalue weighted by Crippen LogP contribution is -2.34. The number of amides is 2. The Hall–Kier alpha value is -1.68. The summed E-state index contributed by atoms with van der Waals surface area (Å²) in [7, 11) is 0. The van der Waals surface area contributed by atoms with E-state index >= 15 is 0 Å². The van der Waals surface area contributed by atoms with Crippen LogP contribution in [0.15, 0.2) is 24.3 Å². The molecule has 0 aliphatic carbocycles. The van der Waals surface area contributed by atoms with E-state index in [0.29, 0.717) is 12.2 Å². The fourth-order valence-corrected chi connectivity index (χ4v) is 2.33. The topological polar surface area (TPSA) is 49.4 Å². The van der Waals surface area contributed by atoms with Gasteiger partial charge >= 0.3 is 0 Å². The predicted molar refractivity (Wildman–Crippen MR) is 74.7 cm³/mol. The first-order chi connectivity index (χ1) is 8.97. The second-order valence-electron chi connectivity index (χ2n) is 5.50. The van der Waals surface area contributed by atoms with Crippen molar-refractivity contribution in [1.82, 2.24) is 5.32 Å². The Bertz CT molecular complexity index is 509. The third-order valence-electron chi connectivity index (χ3n) is 3.42. The van der Waals surface area contributed by atoms with Crippen LogP contribution in [0.1, 0.15) is 32.8 Å². The third-order valence-corrected chi connectivity index (χ3v) is 3.42. The van der Waals surface area contributed by atoms with E-state index in [-0.39, 0.29) is 18.2 Å². The Labute approximate surface area is 113 Å². The van der Waals surface area contributed by atoms with Crippen molar-refractivity contribution in [2.24, 2.45) is 5.41 Å². The molecule has 4 nitrogen and oxygen atoms in total. The van der Waals surface area contributed by atoms with Crippen LogP contribution in [-0.2, 0) is 16.1 Å². The van der Waals surface area contributed by atoms with E-state index < -0.39 is 5.41 Å². The first-order valence-electron chi connectivity index (χ1n) is 6.63. The van der Waals surface area contributed by atoms with Crippen LogP contribution in [0.4, 0.5) is 5.69 Å². The molecule has 0 unspecified atom stereocenters. The predicted octanol–water partition coefficient (Wildman–Crippen LogP) is 2.09. The lowest BCUT2D eigenvalue weighted by Gasteiger charge is -2.20. The highest BCUT2D eigenvalue weighted by Crippen LogP contribution is 2.36. The fraction of sp³-hybridized carbons (Fsp3) is 0.467. The molecule has 0 spiro atoms. The molecular weight excluding hydrogens is 240 g/mol. The van der Waals surface area contributed by atoms with Crippen LogP contribution in [0.2, 0.25) is 0 Å². The molecule has 0 bridgehead atoms. The lowest BCUT2D eigenvalue weighted by molar-refractivity contribution is -0.124. The number of imide groups is 1.